The predicted octanol–water partition coefficient (Wildman–Crippen LogP) is 2.53. The van der Waals surface area contributed by atoms with E-state index < -0.39 is 16.0 Å². The number of fused-ring (bicyclic) bond motifs is 1. The first-order chi connectivity index (χ1) is 15.4. The molecule has 1 aromatic carbocycles. The number of ether oxygens (including phenoxy) is 2. The van der Waals surface area contributed by atoms with Crippen LogP contribution >= 0.6 is 0 Å². The van der Waals surface area contributed by atoms with Crippen molar-refractivity contribution in [2.45, 2.75) is 24.7 Å². The Balaban J connectivity index is 1.72. The Bertz CT molecular complexity index is 1210. The van der Waals surface area contributed by atoms with E-state index in [-0.39, 0.29) is 17.7 Å². The number of hydrogen-bond acceptors (Lipinski definition) is 7. The number of aliphatic carboxylic acids is 1. The number of morpholine rings is 1. The summed E-state index contributed by atoms with van der Waals surface area (Å²) in [5.74, 6) is 0.356. The lowest BCUT2D eigenvalue weighted by atomic mass is 10.1. The second-order valence-electron chi connectivity index (χ2n) is 7.41. The largest absolute Gasteiger partial charge is 0.494 e. The van der Waals surface area contributed by atoms with Crippen molar-refractivity contribution in [2.75, 3.05) is 37.8 Å². The average molecular weight is 460 g/mol. The van der Waals surface area contributed by atoms with E-state index in [2.05, 4.69) is 4.98 Å². The third-order valence-corrected chi connectivity index (χ3v) is 7.01. The molecule has 2 aromatic heterocycles. The van der Waals surface area contributed by atoms with Crippen molar-refractivity contribution in [2.24, 2.45) is 0 Å². The SMILES string of the molecule is CCOc1ccc2c(c1)c(CCC(=O)O)cn2S(=O)(=O)c1ccc(N2CCOCC2)nc1. The number of carbonyl (C=O) groups is 1. The highest BCUT2D eigenvalue weighted by Crippen LogP contribution is 2.30. The molecule has 9 nitrogen and oxygen atoms in total. The topological polar surface area (TPSA) is 111 Å². The number of pyridine rings is 1. The Morgan fingerprint density at radius 3 is 2.66 bits per heavy atom. The fourth-order valence-corrected chi connectivity index (χ4v) is 5.10. The number of hydrogen-bond donors (Lipinski definition) is 1. The van der Waals surface area contributed by atoms with Crippen LogP contribution in [0.2, 0.25) is 0 Å². The zero-order valence-corrected chi connectivity index (χ0v) is 18.5. The molecule has 0 atom stereocenters. The maximum absolute atomic E-state index is 13.4. The van der Waals surface area contributed by atoms with Gasteiger partial charge in [0.2, 0.25) is 0 Å². The van der Waals surface area contributed by atoms with Gasteiger partial charge in [0, 0.05) is 37.3 Å². The zero-order chi connectivity index (χ0) is 22.7. The summed E-state index contributed by atoms with van der Waals surface area (Å²) in [6, 6.07) is 8.38. The lowest BCUT2D eigenvalue weighted by Gasteiger charge is -2.27. The standard InChI is InChI=1S/C22H25N3O6S/c1-2-31-17-4-6-20-19(13-17)16(3-8-22(26)27)15-25(20)32(28,29)18-5-7-21(23-14-18)24-9-11-30-12-10-24/h4-7,13-15H,2-3,8-12H2,1H3,(H,26,27). The maximum atomic E-state index is 13.4. The van der Waals surface area contributed by atoms with Crippen molar-refractivity contribution in [1.29, 1.82) is 0 Å². The van der Waals surface area contributed by atoms with E-state index in [1.165, 1.54) is 16.4 Å². The van der Waals surface area contributed by atoms with Gasteiger partial charge in [0.1, 0.15) is 16.5 Å². The van der Waals surface area contributed by atoms with Crippen molar-refractivity contribution in [3.05, 3.63) is 48.3 Å². The molecule has 0 bridgehead atoms. The highest BCUT2D eigenvalue weighted by molar-refractivity contribution is 7.90. The van der Waals surface area contributed by atoms with E-state index >= 15 is 0 Å². The number of benzene rings is 1. The Kier molecular flexibility index (Phi) is 6.33. The van der Waals surface area contributed by atoms with Gasteiger partial charge in [-0.25, -0.2) is 17.4 Å². The summed E-state index contributed by atoms with van der Waals surface area (Å²) in [4.78, 5) is 17.6. The van der Waals surface area contributed by atoms with Crippen LogP contribution in [0.25, 0.3) is 10.9 Å². The van der Waals surface area contributed by atoms with Crippen molar-refractivity contribution in [1.82, 2.24) is 8.96 Å². The fraction of sp³-hybridized carbons (Fsp3) is 0.364. The number of aryl methyl sites for hydroxylation is 1. The molecule has 3 aromatic rings. The minimum atomic E-state index is -3.93. The first kappa shape index (κ1) is 22.1. The van der Waals surface area contributed by atoms with E-state index in [1.54, 1.807) is 30.3 Å². The summed E-state index contributed by atoms with van der Waals surface area (Å²) in [6.07, 6.45) is 2.96. The molecule has 1 aliphatic rings. The highest BCUT2D eigenvalue weighted by atomic mass is 32.2. The number of anilines is 1. The summed E-state index contributed by atoms with van der Waals surface area (Å²) >= 11 is 0. The quantitative estimate of drug-likeness (QED) is 0.547. The van der Waals surface area contributed by atoms with Crippen LogP contribution in [0.1, 0.15) is 18.9 Å². The third kappa shape index (κ3) is 4.42. The van der Waals surface area contributed by atoms with Crippen LogP contribution in [0.15, 0.2) is 47.6 Å². The Hall–Kier alpha value is -3.11. The molecule has 0 saturated carbocycles. The third-order valence-electron chi connectivity index (χ3n) is 5.36. The molecule has 10 heteroatoms. The molecule has 1 N–H and O–H groups in total. The zero-order valence-electron chi connectivity index (χ0n) is 17.7. The molecule has 0 spiro atoms. The first-order valence-corrected chi connectivity index (χ1v) is 11.9. The summed E-state index contributed by atoms with van der Waals surface area (Å²) < 4.78 is 39.0. The number of carboxylic acids is 1. The Morgan fingerprint density at radius 1 is 1.22 bits per heavy atom. The molecule has 0 aliphatic carbocycles. The van der Waals surface area contributed by atoms with Gasteiger partial charge in [-0.15, -0.1) is 0 Å². The summed E-state index contributed by atoms with van der Waals surface area (Å²) in [5, 5.41) is 9.75. The van der Waals surface area contributed by atoms with Gasteiger partial charge in [0.15, 0.2) is 0 Å². The van der Waals surface area contributed by atoms with Crippen LogP contribution in [0, 0.1) is 0 Å². The molecule has 32 heavy (non-hydrogen) atoms. The van der Waals surface area contributed by atoms with E-state index in [9.17, 15) is 13.2 Å². The van der Waals surface area contributed by atoms with Gasteiger partial charge in [-0.1, -0.05) is 0 Å². The lowest BCUT2D eigenvalue weighted by Crippen LogP contribution is -2.36. The molecule has 0 unspecified atom stereocenters. The second-order valence-corrected chi connectivity index (χ2v) is 9.23. The molecule has 4 rings (SSSR count). The number of rotatable bonds is 8. The second kappa shape index (κ2) is 9.17. The van der Waals surface area contributed by atoms with Gasteiger partial charge in [0.05, 0.1) is 25.3 Å². The summed E-state index contributed by atoms with van der Waals surface area (Å²) in [6.45, 7) is 4.96. The van der Waals surface area contributed by atoms with E-state index in [0.717, 1.165) is 0 Å². The van der Waals surface area contributed by atoms with Gasteiger partial charge in [-0.3, -0.25) is 4.79 Å². The number of carboxylic acid groups (broad SMARTS) is 1. The first-order valence-electron chi connectivity index (χ1n) is 10.4. The minimum absolute atomic E-state index is 0.0603. The Labute approximate surface area is 186 Å². The van der Waals surface area contributed by atoms with Crippen LogP contribution < -0.4 is 9.64 Å². The van der Waals surface area contributed by atoms with E-state index in [0.29, 0.717) is 60.9 Å². The van der Waals surface area contributed by atoms with Gasteiger partial charge in [-0.05, 0) is 49.2 Å². The summed E-state index contributed by atoms with van der Waals surface area (Å²) in [7, 11) is -3.93. The number of nitrogens with zero attached hydrogens (tertiary/aromatic N) is 3. The fourth-order valence-electron chi connectivity index (χ4n) is 3.76. The smallest absolute Gasteiger partial charge is 0.303 e. The molecule has 1 saturated heterocycles. The molecule has 0 amide bonds. The van der Waals surface area contributed by atoms with Gasteiger partial charge in [-0.2, -0.15) is 0 Å². The van der Waals surface area contributed by atoms with Gasteiger partial charge >= 0.3 is 5.97 Å². The van der Waals surface area contributed by atoms with Crippen molar-refractivity contribution < 1.29 is 27.8 Å². The van der Waals surface area contributed by atoms with Crippen molar-refractivity contribution in [3.63, 3.8) is 0 Å². The lowest BCUT2D eigenvalue weighted by molar-refractivity contribution is -0.136. The molecular weight excluding hydrogens is 434 g/mol. The minimum Gasteiger partial charge on any atom is -0.494 e. The van der Waals surface area contributed by atoms with Crippen LogP contribution in [-0.4, -0.2) is 61.4 Å². The molecule has 3 heterocycles. The molecule has 0 radical (unpaired) electrons. The average Bonchev–Trinajstić information content (AvgIpc) is 3.17. The Morgan fingerprint density at radius 2 is 2.00 bits per heavy atom. The maximum Gasteiger partial charge on any atom is 0.303 e. The van der Waals surface area contributed by atoms with E-state index in [4.69, 9.17) is 14.6 Å². The predicted molar refractivity (Wildman–Crippen MR) is 119 cm³/mol. The van der Waals surface area contributed by atoms with Crippen LogP contribution in [-0.2, 0) is 26.0 Å². The van der Waals surface area contributed by atoms with Gasteiger partial charge < -0.3 is 19.5 Å². The number of aromatic nitrogens is 2. The normalized spacial score (nSPS) is 14.6. The molecule has 1 fully saturated rings. The van der Waals surface area contributed by atoms with Crippen molar-refractivity contribution in [3.8, 4) is 5.75 Å². The van der Waals surface area contributed by atoms with E-state index in [1.807, 2.05) is 11.8 Å². The molecular formula is C22H25N3O6S. The monoisotopic (exact) mass is 459 g/mol. The van der Waals surface area contributed by atoms with Crippen LogP contribution in [0.5, 0.6) is 5.75 Å². The van der Waals surface area contributed by atoms with Gasteiger partial charge in [0.25, 0.3) is 10.0 Å². The highest BCUT2D eigenvalue weighted by Gasteiger charge is 2.23. The molecule has 170 valence electrons. The van der Waals surface area contributed by atoms with Crippen LogP contribution in [0.3, 0.4) is 0 Å². The van der Waals surface area contributed by atoms with Crippen LogP contribution in [0.4, 0.5) is 5.82 Å². The van der Waals surface area contributed by atoms with Crippen molar-refractivity contribution >= 4 is 32.7 Å². The summed E-state index contributed by atoms with van der Waals surface area (Å²) in [5.41, 5.74) is 1.09. The molecule has 1 aliphatic heterocycles.